The predicted octanol–water partition coefficient (Wildman–Crippen LogP) is 3.57. The summed E-state index contributed by atoms with van der Waals surface area (Å²) in [4.78, 5) is 4.65. The summed E-state index contributed by atoms with van der Waals surface area (Å²) >= 11 is 1.58. The van der Waals surface area contributed by atoms with Crippen molar-refractivity contribution >= 4 is 32.6 Å². The lowest BCUT2D eigenvalue weighted by molar-refractivity contribution is -0.575. The highest BCUT2D eigenvalue weighted by atomic mass is 32.1. The Bertz CT molecular complexity index is 1010. The normalized spacial score (nSPS) is 11.6. The molecule has 0 spiro atoms. The number of thiophene rings is 1. The number of rotatable bonds is 6. The van der Waals surface area contributed by atoms with Crippen molar-refractivity contribution in [2.24, 2.45) is 7.05 Å². The molecule has 4 aromatic rings. The van der Waals surface area contributed by atoms with E-state index in [0.717, 1.165) is 39.1 Å². The number of fused-ring (bicyclic) bond motifs is 3. The average Bonchev–Trinajstić information content (AvgIpc) is 3.21. The fourth-order valence-electron chi connectivity index (χ4n) is 3.08. The molecule has 3 heterocycles. The molecule has 0 aliphatic heterocycles. The Kier molecular flexibility index (Phi) is 4.38. The smallest absolute Gasteiger partial charge is 0.236 e. The number of benzene rings is 1. The molecule has 0 atom stereocenters. The molecule has 0 N–H and O–H groups in total. The van der Waals surface area contributed by atoms with Gasteiger partial charge in [-0.05, 0) is 17.4 Å². The molecular weight excluding hydrogens is 334 g/mol. The third-order valence-electron chi connectivity index (χ3n) is 4.35. The summed E-state index contributed by atoms with van der Waals surface area (Å²) in [5, 5.41) is 14.0. The SMILES string of the molecule is Cn1c(CCCOCc2ccccc2)nc2c[n+]([O-])c3ccsc3c21. The van der Waals surface area contributed by atoms with Gasteiger partial charge in [0.2, 0.25) is 11.7 Å². The van der Waals surface area contributed by atoms with Gasteiger partial charge in [-0.15, -0.1) is 11.3 Å². The van der Waals surface area contributed by atoms with Gasteiger partial charge in [0.1, 0.15) is 10.5 Å². The fraction of sp³-hybridized carbons (Fsp3) is 0.263. The van der Waals surface area contributed by atoms with Crippen LogP contribution in [0.25, 0.3) is 21.3 Å². The minimum Gasteiger partial charge on any atom is -0.618 e. The minimum atomic E-state index is 0.634. The molecular formula is C19H19N3O2S. The fourth-order valence-corrected chi connectivity index (χ4v) is 4.05. The number of pyridine rings is 1. The summed E-state index contributed by atoms with van der Waals surface area (Å²) in [6, 6.07) is 12.0. The quantitative estimate of drug-likeness (QED) is 0.302. The van der Waals surface area contributed by atoms with Crippen LogP contribution in [0.1, 0.15) is 17.8 Å². The zero-order chi connectivity index (χ0) is 17.2. The van der Waals surface area contributed by atoms with Crippen LogP contribution in [0, 0.1) is 5.21 Å². The molecule has 0 aliphatic rings. The zero-order valence-corrected chi connectivity index (χ0v) is 14.8. The van der Waals surface area contributed by atoms with Gasteiger partial charge in [0, 0.05) is 26.1 Å². The molecule has 0 unspecified atom stereocenters. The molecule has 0 saturated carbocycles. The van der Waals surface area contributed by atoms with Gasteiger partial charge < -0.3 is 14.5 Å². The first-order valence-electron chi connectivity index (χ1n) is 8.30. The van der Waals surface area contributed by atoms with Crippen molar-refractivity contribution in [2.45, 2.75) is 19.4 Å². The predicted molar refractivity (Wildman–Crippen MR) is 99.5 cm³/mol. The van der Waals surface area contributed by atoms with E-state index in [1.165, 1.54) is 5.56 Å². The minimum absolute atomic E-state index is 0.634. The third-order valence-corrected chi connectivity index (χ3v) is 5.26. The number of hydrogen-bond donors (Lipinski definition) is 0. The van der Waals surface area contributed by atoms with Gasteiger partial charge in [-0.1, -0.05) is 30.3 Å². The molecule has 0 fully saturated rings. The number of ether oxygens (including phenoxy) is 1. The van der Waals surface area contributed by atoms with Crippen LogP contribution >= 0.6 is 11.3 Å². The highest BCUT2D eigenvalue weighted by Crippen LogP contribution is 2.27. The summed E-state index contributed by atoms with van der Waals surface area (Å²) < 4.78 is 9.75. The van der Waals surface area contributed by atoms with Crippen LogP contribution in [0.3, 0.4) is 0 Å². The Morgan fingerprint density at radius 2 is 2.08 bits per heavy atom. The van der Waals surface area contributed by atoms with Crippen molar-refractivity contribution < 1.29 is 9.47 Å². The Hall–Kier alpha value is -2.44. The maximum absolute atomic E-state index is 12.1. The van der Waals surface area contributed by atoms with E-state index in [9.17, 15) is 5.21 Å². The van der Waals surface area contributed by atoms with Crippen molar-refractivity contribution in [3.8, 4) is 0 Å². The molecule has 6 heteroatoms. The number of aryl methyl sites for hydroxylation is 2. The van der Waals surface area contributed by atoms with Crippen molar-refractivity contribution in [3.63, 3.8) is 0 Å². The summed E-state index contributed by atoms with van der Waals surface area (Å²) in [5.41, 5.74) is 3.69. The molecule has 25 heavy (non-hydrogen) atoms. The van der Waals surface area contributed by atoms with E-state index in [0.29, 0.717) is 18.7 Å². The molecule has 4 rings (SSSR count). The van der Waals surface area contributed by atoms with Crippen LogP contribution in [-0.2, 0) is 24.8 Å². The van der Waals surface area contributed by atoms with Gasteiger partial charge in [0.25, 0.3) is 0 Å². The van der Waals surface area contributed by atoms with Crippen LogP contribution in [0.2, 0.25) is 0 Å². The lowest BCUT2D eigenvalue weighted by atomic mass is 10.2. The monoisotopic (exact) mass is 353 g/mol. The van der Waals surface area contributed by atoms with Crippen molar-refractivity contribution in [2.75, 3.05) is 6.61 Å². The molecule has 0 saturated heterocycles. The molecule has 5 nitrogen and oxygen atoms in total. The van der Waals surface area contributed by atoms with E-state index in [1.54, 1.807) is 17.5 Å². The Morgan fingerprint density at radius 3 is 2.92 bits per heavy atom. The topological polar surface area (TPSA) is 54.0 Å². The first-order valence-corrected chi connectivity index (χ1v) is 9.18. The van der Waals surface area contributed by atoms with E-state index in [4.69, 9.17) is 4.74 Å². The van der Waals surface area contributed by atoms with Gasteiger partial charge >= 0.3 is 0 Å². The van der Waals surface area contributed by atoms with Crippen LogP contribution < -0.4 is 4.73 Å². The number of hydrogen-bond acceptors (Lipinski definition) is 4. The summed E-state index contributed by atoms with van der Waals surface area (Å²) in [6.07, 6.45) is 3.29. The summed E-state index contributed by atoms with van der Waals surface area (Å²) in [5.74, 6) is 0.985. The molecule has 3 aromatic heterocycles. The van der Waals surface area contributed by atoms with Crippen LogP contribution in [0.15, 0.2) is 48.0 Å². The highest BCUT2D eigenvalue weighted by molar-refractivity contribution is 7.18. The number of nitrogens with zero attached hydrogens (tertiary/aromatic N) is 3. The van der Waals surface area contributed by atoms with Crippen molar-refractivity contribution in [1.82, 2.24) is 9.55 Å². The maximum atomic E-state index is 12.1. The number of aromatic nitrogens is 3. The lowest BCUT2D eigenvalue weighted by Gasteiger charge is -2.05. The molecule has 0 radical (unpaired) electrons. The Balaban J connectivity index is 1.44. The largest absolute Gasteiger partial charge is 0.618 e. The maximum Gasteiger partial charge on any atom is 0.236 e. The zero-order valence-electron chi connectivity index (χ0n) is 14.0. The molecule has 1 aromatic carbocycles. The lowest BCUT2D eigenvalue weighted by Crippen LogP contribution is -2.25. The van der Waals surface area contributed by atoms with Crippen LogP contribution in [-0.4, -0.2) is 16.2 Å². The standard InChI is InChI=1S/C19H19N3O2S/c1-21-17(8-5-10-24-13-14-6-3-2-4-7-14)20-15-12-22(23)16-9-11-25-19(16)18(15)21/h2-4,6-7,9,11-12H,5,8,10,13H2,1H3. The Labute approximate surface area is 149 Å². The molecule has 128 valence electrons. The average molecular weight is 353 g/mol. The second-order valence-corrected chi connectivity index (χ2v) is 6.97. The van der Waals surface area contributed by atoms with Crippen molar-refractivity contribution in [3.05, 3.63) is 64.6 Å². The van der Waals surface area contributed by atoms with Gasteiger partial charge in [0.15, 0.2) is 5.52 Å². The second-order valence-electron chi connectivity index (χ2n) is 6.05. The van der Waals surface area contributed by atoms with E-state index < -0.39 is 0 Å². The van der Waals surface area contributed by atoms with Gasteiger partial charge in [-0.3, -0.25) is 0 Å². The highest BCUT2D eigenvalue weighted by Gasteiger charge is 2.17. The van der Waals surface area contributed by atoms with Crippen LogP contribution in [0.4, 0.5) is 0 Å². The molecule has 0 aliphatic carbocycles. The Morgan fingerprint density at radius 1 is 1.24 bits per heavy atom. The third kappa shape index (κ3) is 3.10. The van der Waals surface area contributed by atoms with E-state index >= 15 is 0 Å². The van der Waals surface area contributed by atoms with Gasteiger partial charge in [-0.25, -0.2) is 4.98 Å². The van der Waals surface area contributed by atoms with E-state index in [1.807, 2.05) is 36.7 Å². The first kappa shape index (κ1) is 16.1. The summed E-state index contributed by atoms with van der Waals surface area (Å²) in [7, 11) is 2.02. The van der Waals surface area contributed by atoms with Gasteiger partial charge in [0.05, 0.1) is 12.1 Å². The van der Waals surface area contributed by atoms with E-state index in [-0.39, 0.29) is 0 Å². The molecule has 0 bridgehead atoms. The van der Waals surface area contributed by atoms with E-state index in [2.05, 4.69) is 21.7 Å². The van der Waals surface area contributed by atoms with Crippen molar-refractivity contribution in [1.29, 1.82) is 0 Å². The summed E-state index contributed by atoms with van der Waals surface area (Å²) in [6.45, 7) is 1.32. The first-order chi connectivity index (χ1) is 12.2. The van der Waals surface area contributed by atoms with Gasteiger partial charge in [-0.2, -0.15) is 4.73 Å². The molecule has 0 amide bonds. The number of imidazole rings is 1. The second kappa shape index (κ2) is 6.82. The van der Waals surface area contributed by atoms with Crippen LogP contribution in [0.5, 0.6) is 0 Å².